The number of thiophene rings is 1. The minimum atomic E-state index is -3.98. The minimum Gasteiger partial charge on any atom is -0.497 e. The number of anilines is 1. The van der Waals surface area contributed by atoms with Gasteiger partial charge in [-0.25, -0.2) is 19.1 Å². The Morgan fingerprint density at radius 2 is 1.69 bits per heavy atom. The summed E-state index contributed by atoms with van der Waals surface area (Å²) in [6, 6.07) is 15.0. The molecule has 1 aromatic heterocycles. The fourth-order valence-corrected chi connectivity index (χ4v) is 4.91. The van der Waals surface area contributed by atoms with Gasteiger partial charge in [0, 0.05) is 10.8 Å². The highest BCUT2D eigenvalue weighted by Crippen LogP contribution is 2.32. The number of carbonyl (C=O) groups is 1. The highest BCUT2D eigenvalue weighted by atomic mass is 32.2. The molecule has 0 spiro atoms. The van der Waals surface area contributed by atoms with Crippen molar-refractivity contribution in [3.05, 3.63) is 76.5 Å². The molecular formula is C19H20N2O6S2. The second-order valence-corrected chi connectivity index (χ2v) is 8.25. The Labute approximate surface area is 172 Å². The number of carboxylic acid groups (broad SMARTS) is 1. The lowest BCUT2D eigenvalue weighted by Gasteiger charge is -2.24. The van der Waals surface area contributed by atoms with Gasteiger partial charge in [-0.15, -0.1) is 11.3 Å². The monoisotopic (exact) mass is 436 g/mol. The molecule has 0 saturated heterocycles. The molecule has 0 aliphatic carbocycles. The molecule has 2 aromatic carbocycles. The van der Waals surface area contributed by atoms with Gasteiger partial charge in [0.05, 0.1) is 29.8 Å². The van der Waals surface area contributed by atoms with Crippen LogP contribution in [0.15, 0.2) is 70.3 Å². The van der Waals surface area contributed by atoms with Crippen LogP contribution in [0.3, 0.4) is 0 Å². The SMILES string of the molecule is COc1ccc(S(=O)(=O)N(Cc2ccccc2)c2cscc2C(=O)O)cc1.NO. The van der Waals surface area contributed by atoms with E-state index in [0.717, 1.165) is 21.2 Å². The summed E-state index contributed by atoms with van der Waals surface area (Å²) >= 11 is 1.14. The van der Waals surface area contributed by atoms with E-state index in [1.165, 1.54) is 30.0 Å². The number of methoxy groups -OCH3 is 1. The van der Waals surface area contributed by atoms with Crippen LogP contribution in [0.1, 0.15) is 15.9 Å². The van der Waals surface area contributed by atoms with Gasteiger partial charge in [-0.05, 0) is 29.8 Å². The zero-order valence-corrected chi connectivity index (χ0v) is 17.1. The van der Waals surface area contributed by atoms with Crippen LogP contribution in [0.25, 0.3) is 0 Å². The summed E-state index contributed by atoms with van der Waals surface area (Å²) in [6.07, 6.45) is 0. The summed E-state index contributed by atoms with van der Waals surface area (Å²) in [5, 5.41) is 18.9. The highest BCUT2D eigenvalue weighted by Gasteiger charge is 2.29. The smallest absolute Gasteiger partial charge is 0.338 e. The summed E-state index contributed by atoms with van der Waals surface area (Å²) in [6.45, 7) is 0.0201. The zero-order chi connectivity index (χ0) is 21.4. The van der Waals surface area contributed by atoms with Crippen molar-refractivity contribution in [3.63, 3.8) is 0 Å². The number of nitrogens with two attached hydrogens (primary N) is 1. The standard InChI is InChI=1S/C19H17NO5S2.H3NO/c1-25-15-7-9-16(10-8-15)27(23,24)20(11-14-5-3-2-4-6-14)18-13-26-12-17(18)19(21)22;1-2/h2-10,12-13H,11H2,1H3,(H,21,22);2H,1H2. The molecular weight excluding hydrogens is 416 g/mol. The molecule has 0 bridgehead atoms. The van der Waals surface area contributed by atoms with Crippen molar-refractivity contribution in [3.8, 4) is 5.75 Å². The fraction of sp³-hybridized carbons (Fsp3) is 0.105. The van der Waals surface area contributed by atoms with Crippen molar-refractivity contribution in [2.45, 2.75) is 11.4 Å². The average Bonchev–Trinajstić information content (AvgIpc) is 3.24. The Balaban J connectivity index is 0.00000145. The minimum absolute atomic E-state index is 0.0201. The number of aromatic carboxylic acids is 1. The summed E-state index contributed by atoms with van der Waals surface area (Å²) in [5.74, 6) is 2.86. The number of hydrogen-bond acceptors (Lipinski definition) is 7. The molecule has 154 valence electrons. The Morgan fingerprint density at radius 3 is 2.24 bits per heavy atom. The first-order valence-corrected chi connectivity index (χ1v) is 10.6. The molecule has 8 nitrogen and oxygen atoms in total. The van der Waals surface area contributed by atoms with Crippen LogP contribution in [-0.2, 0) is 16.6 Å². The van der Waals surface area contributed by atoms with Gasteiger partial charge < -0.3 is 15.1 Å². The van der Waals surface area contributed by atoms with Crippen LogP contribution >= 0.6 is 11.3 Å². The van der Waals surface area contributed by atoms with Gasteiger partial charge >= 0.3 is 5.97 Å². The van der Waals surface area contributed by atoms with E-state index in [2.05, 4.69) is 5.90 Å². The van der Waals surface area contributed by atoms with Crippen molar-refractivity contribution < 1.29 is 28.3 Å². The first kappa shape index (κ1) is 22.4. The molecule has 0 atom stereocenters. The van der Waals surface area contributed by atoms with Crippen molar-refractivity contribution >= 4 is 33.0 Å². The lowest BCUT2D eigenvalue weighted by Crippen LogP contribution is -2.31. The third kappa shape index (κ3) is 5.12. The lowest BCUT2D eigenvalue weighted by molar-refractivity contribution is 0.0698. The van der Waals surface area contributed by atoms with Crippen molar-refractivity contribution in [1.82, 2.24) is 0 Å². The molecule has 10 heteroatoms. The molecule has 1 heterocycles. The Kier molecular flexibility index (Phi) is 7.74. The topological polar surface area (TPSA) is 130 Å². The number of rotatable bonds is 7. The summed E-state index contributed by atoms with van der Waals surface area (Å²) < 4.78 is 32.8. The molecule has 0 saturated carbocycles. The van der Waals surface area contributed by atoms with Crippen molar-refractivity contribution in [1.29, 1.82) is 0 Å². The highest BCUT2D eigenvalue weighted by molar-refractivity contribution is 7.92. The largest absolute Gasteiger partial charge is 0.497 e. The number of carboxylic acids is 1. The van der Waals surface area contributed by atoms with E-state index in [4.69, 9.17) is 9.94 Å². The van der Waals surface area contributed by atoms with Crippen LogP contribution in [0.5, 0.6) is 5.75 Å². The second-order valence-electron chi connectivity index (χ2n) is 5.65. The first-order chi connectivity index (χ1) is 13.9. The van der Waals surface area contributed by atoms with Gasteiger partial charge in [0.25, 0.3) is 10.0 Å². The van der Waals surface area contributed by atoms with E-state index < -0.39 is 16.0 Å². The van der Waals surface area contributed by atoms with Gasteiger partial charge in [0.1, 0.15) is 5.75 Å². The molecule has 0 unspecified atom stereocenters. The molecule has 0 aliphatic heterocycles. The third-order valence-corrected chi connectivity index (χ3v) is 6.46. The number of benzene rings is 2. The van der Waals surface area contributed by atoms with E-state index in [-0.39, 0.29) is 22.7 Å². The van der Waals surface area contributed by atoms with E-state index in [1.54, 1.807) is 36.4 Å². The van der Waals surface area contributed by atoms with E-state index in [9.17, 15) is 18.3 Å². The van der Waals surface area contributed by atoms with E-state index in [1.807, 2.05) is 6.07 Å². The molecule has 0 amide bonds. The molecule has 29 heavy (non-hydrogen) atoms. The lowest BCUT2D eigenvalue weighted by atomic mass is 10.2. The molecule has 0 radical (unpaired) electrons. The Hall–Kier alpha value is -2.92. The maximum atomic E-state index is 13.3. The van der Waals surface area contributed by atoms with Crippen LogP contribution < -0.4 is 14.9 Å². The van der Waals surface area contributed by atoms with Crippen LogP contribution in [-0.4, -0.2) is 31.8 Å². The predicted octanol–water partition coefficient (Wildman–Crippen LogP) is 3.18. The number of ether oxygens (including phenoxy) is 1. The van der Waals surface area contributed by atoms with Crippen LogP contribution in [0, 0.1) is 0 Å². The van der Waals surface area contributed by atoms with Crippen LogP contribution in [0.2, 0.25) is 0 Å². The molecule has 3 rings (SSSR count). The number of nitrogens with zero attached hydrogens (tertiary/aromatic N) is 1. The number of hydrogen-bond donors (Lipinski definition) is 3. The maximum absolute atomic E-state index is 13.3. The molecule has 4 N–H and O–H groups in total. The second kappa shape index (κ2) is 10.0. The third-order valence-electron chi connectivity index (χ3n) is 3.96. The summed E-state index contributed by atoms with van der Waals surface area (Å²) in [7, 11) is -2.49. The zero-order valence-electron chi connectivity index (χ0n) is 15.4. The molecule has 0 fully saturated rings. The maximum Gasteiger partial charge on any atom is 0.338 e. The van der Waals surface area contributed by atoms with E-state index >= 15 is 0 Å². The Bertz CT molecular complexity index is 1030. The molecule has 0 aliphatic rings. The fourth-order valence-electron chi connectivity index (χ4n) is 2.57. The predicted molar refractivity (Wildman–Crippen MR) is 110 cm³/mol. The normalized spacial score (nSPS) is 10.6. The Morgan fingerprint density at radius 1 is 1.07 bits per heavy atom. The first-order valence-electron chi connectivity index (χ1n) is 8.19. The average molecular weight is 437 g/mol. The van der Waals surface area contributed by atoms with Gasteiger partial charge in [-0.3, -0.25) is 4.31 Å². The van der Waals surface area contributed by atoms with Gasteiger partial charge in [-0.1, -0.05) is 30.3 Å². The van der Waals surface area contributed by atoms with Gasteiger partial charge in [0.15, 0.2) is 0 Å². The molecule has 3 aromatic rings. The number of sulfonamides is 1. The van der Waals surface area contributed by atoms with Crippen molar-refractivity contribution in [2.75, 3.05) is 11.4 Å². The summed E-state index contributed by atoms with van der Waals surface area (Å²) in [4.78, 5) is 11.6. The van der Waals surface area contributed by atoms with Crippen molar-refractivity contribution in [2.24, 2.45) is 5.90 Å². The van der Waals surface area contributed by atoms with Crippen LogP contribution in [0.4, 0.5) is 5.69 Å². The van der Waals surface area contributed by atoms with Gasteiger partial charge in [0.2, 0.25) is 0 Å². The van der Waals surface area contributed by atoms with E-state index in [0.29, 0.717) is 5.75 Å². The quantitative estimate of drug-likeness (QED) is 0.485. The van der Waals surface area contributed by atoms with Gasteiger partial charge in [-0.2, -0.15) is 0 Å². The summed E-state index contributed by atoms with van der Waals surface area (Å²) in [5.41, 5.74) is 0.845.